The molecule has 0 bridgehead atoms. The third-order valence-corrected chi connectivity index (χ3v) is 5.74. The second-order valence-electron chi connectivity index (χ2n) is 7.67. The van der Waals surface area contributed by atoms with Crippen molar-refractivity contribution >= 4 is 16.5 Å². The van der Waals surface area contributed by atoms with Gasteiger partial charge in [0, 0.05) is 34.4 Å². The fraction of sp³-hybridized carbons (Fsp3) is 0.259. The molecule has 0 atom stereocenters. The van der Waals surface area contributed by atoms with E-state index in [2.05, 4.69) is 86.7 Å². The van der Waals surface area contributed by atoms with E-state index < -0.39 is 0 Å². The van der Waals surface area contributed by atoms with Gasteiger partial charge in [-0.2, -0.15) is 0 Å². The number of allylic oxidation sites excluding steroid dienone is 2. The van der Waals surface area contributed by atoms with Crippen molar-refractivity contribution in [3.63, 3.8) is 0 Å². The number of aromatic nitrogens is 1. The predicted molar refractivity (Wildman–Crippen MR) is 127 cm³/mol. The molecule has 1 aromatic heterocycles. The van der Waals surface area contributed by atoms with Gasteiger partial charge >= 0.3 is 0 Å². The number of rotatable bonds is 9. The van der Waals surface area contributed by atoms with Crippen molar-refractivity contribution in [2.45, 2.75) is 46.1 Å². The highest BCUT2D eigenvalue weighted by atomic mass is 15.0. The van der Waals surface area contributed by atoms with Gasteiger partial charge in [-0.25, -0.2) is 0 Å². The van der Waals surface area contributed by atoms with Crippen molar-refractivity contribution in [3.05, 3.63) is 102 Å². The van der Waals surface area contributed by atoms with Crippen molar-refractivity contribution in [1.29, 1.82) is 0 Å². The van der Waals surface area contributed by atoms with Crippen LogP contribution in [-0.2, 0) is 19.4 Å². The van der Waals surface area contributed by atoms with Crippen molar-refractivity contribution in [1.82, 2.24) is 4.57 Å². The summed E-state index contributed by atoms with van der Waals surface area (Å²) >= 11 is 0. The molecule has 0 saturated carbocycles. The molecule has 0 aliphatic heterocycles. The summed E-state index contributed by atoms with van der Waals surface area (Å²) in [7, 11) is 0. The lowest BCUT2D eigenvalue weighted by molar-refractivity contribution is 0.774. The fourth-order valence-electron chi connectivity index (χ4n) is 4.02. The molecule has 3 rings (SSSR count). The molecule has 0 spiro atoms. The van der Waals surface area contributed by atoms with Gasteiger partial charge in [0.25, 0.3) is 0 Å². The number of hydrogen-bond acceptors (Lipinski definition) is 1. The largest absolute Gasteiger partial charge is 0.399 e. The van der Waals surface area contributed by atoms with Gasteiger partial charge < -0.3 is 10.3 Å². The smallest absolute Gasteiger partial charge is 0.0494 e. The summed E-state index contributed by atoms with van der Waals surface area (Å²) < 4.78 is 2.42. The zero-order valence-electron chi connectivity index (χ0n) is 17.8. The molecular formula is C27H32N2. The molecule has 1 heterocycles. The van der Waals surface area contributed by atoms with Crippen LogP contribution in [0.15, 0.2) is 79.5 Å². The first-order chi connectivity index (χ1) is 14.0. The number of benzene rings is 2. The lowest BCUT2D eigenvalue weighted by Crippen LogP contribution is -2.06. The average molecular weight is 385 g/mol. The Morgan fingerprint density at radius 3 is 2.31 bits per heavy atom. The van der Waals surface area contributed by atoms with Crippen LogP contribution in [0.4, 0.5) is 0 Å². The molecule has 2 nitrogen and oxygen atoms in total. The first-order valence-electron chi connectivity index (χ1n) is 10.4. The lowest BCUT2D eigenvalue weighted by atomic mass is 9.94. The zero-order chi connectivity index (χ0) is 21.0. The summed E-state index contributed by atoms with van der Waals surface area (Å²) in [4.78, 5) is 0. The summed E-state index contributed by atoms with van der Waals surface area (Å²) in [6.07, 6.45) is 3.89. The van der Waals surface area contributed by atoms with Crippen LogP contribution in [0.25, 0.3) is 16.5 Å². The number of hydrogen-bond donors (Lipinski definition) is 1. The Kier molecular flexibility index (Phi) is 6.43. The highest BCUT2D eigenvalue weighted by molar-refractivity contribution is 6.00. The molecule has 2 N–H and O–H groups in total. The predicted octanol–water partition coefficient (Wildman–Crippen LogP) is 6.64. The van der Waals surface area contributed by atoms with Gasteiger partial charge in [0.15, 0.2) is 0 Å². The van der Waals surface area contributed by atoms with Gasteiger partial charge in [0.1, 0.15) is 0 Å². The molecular weight excluding hydrogens is 352 g/mol. The van der Waals surface area contributed by atoms with E-state index in [0.717, 1.165) is 43.4 Å². The van der Waals surface area contributed by atoms with Gasteiger partial charge in [-0.05, 0) is 48.4 Å². The van der Waals surface area contributed by atoms with Gasteiger partial charge in [0.05, 0.1) is 0 Å². The fourth-order valence-corrected chi connectivity index (χ4v) is 4.02. The molecule has 0 amide bonds. The summed E-state index contributed by atoms with van der Waals surface area (Å²) in [6, 6.07) is 17.2. The van der Waals surface area contributed by atoms with Crippen molar-refractivity contribution < 1.29 is 0 Å². The van der Waals surface area contributed by atoms with E-state index >= 15 is 0 Å². The van der Waals surface area contributed by atoms with Gasteiger partial charge in [-0.15, -0.1) is 0 Å². The van der Waals surface area contributed by atoms with E-state index in [9.17, 15) is 0 Å². The van der Waals surface area contributed by atoms with E-state index in [4.69, 9.17) is 5.73 Å². The second kappa shape index (κ2) is 9.00. The van der Waals surface area contributed by atoms with Gasteiger partial charge in [-0.1, -0.05) is 81.6 Å². The number of fused-ring (bicyclic) bond motifs is 1. The quantitative estimate of drug-likeness (QED) is 0.325. The highest BCUT2D eigenvalue weighted by Gasteiger charge is 2.21. The van der Waals surface area contributed by atoms with Gasteiger partial charge in [0.2, 0.25) is 0 Å². The Labute approximate surface area is 175 Å². The van der Waals surface area contributed by atoms with Crippen molar-refractivity contribution in [2.75, 3.05) is 0 Å². The maximum absolute atomic E-state index is 6.12. The van der Waals surface area contributed by atoms with E-state index in [1.165, 1.54) is 33.3 Å². The van der Waals surface area contributed by atoms with Crippen molar-refractivity contribution in [2.24, 2.45) is 5.73 Å². The maximum Gasteiger partial charge on any atom is 0.0494 e. The third-order valence-electron chi connectivity index (χ3n) is 5.74. The average Bonchev–Trinajstić information content (AvgIpc) is 3.05. The van der Waals surface area contributed by atoms with Crippen LogP contribution in [0.3, 0.4) is 0 Å². The zero-order valence-corrected chi connectivity index (χ0v) is 17.8. The molecule has 0 radical (unpaired) electrons. The Bertz CT molecular complexity index is 1050. The van der Waals surface area contributed by atoms with Crippen LogP contribution >= 0.6 is 0 Å². The highest BCUT2D eigenvalue weighted by Crippen LogP contribution is 2.36. The van der Waals surface area contributed by atoms with E-state index in [1.807, 2.05) is 0 Å². The normalized spacial score (nSPS) is 11.0. The minimum atomic E-state index is 0.534. The van der Waals surface area contributed by atoms with E-state index in [0.29, 0.717) is 5.70 Å². The Morgan fingerprint density at radius 2 is 1.69 bits per heavy atom. The molecule has 0 aliphatic rings. The van der Waals surface area contributed by atoms with Crippen LogP contribution in [-0.4, -0.2) is 4.57 Å². The van der Waals surface area contributed by atoms with Crippen LogP contribution in [0, 0.1) is 0 Å². The molecule has 0 fully saturated rings. The number of aryl methyl sites for hydroxylation is 1. The number of nitrogens with zero attached hydrogens (tertiary/aromatic N) is 1. The third kappa shape index (κ3) is 4.22. The van der Waals surface area contributed by atoms with E-state index in [-0.39, 0.29) is 0 Å². The molecule has 29 heavy (non-hydrogen) atoms. The standard InChI is InChI=1S/C27H32N2/c1-6-19(3)16-17-23-14-11-15-25-27(23)26(20(4)21(5)28)24(7-2)29(25)18-22-12-9-8-10-13-22/h8-15H,3-7,16-18,28H2,1-2H3. The lowest BCUT2D eigenvalue weighted by Gasteiger charge is -2.12. The maximum atomic E-state index is 6.12. The minimum Gasteiger partial charge on any atom is -0.399 e. The van der Waals surface area contributed by atoms with Crippen molar-refractivity contribution in [3.8, 4) is 0 Å². The minimum absolute atomic E-state index is 0.534. The number of nitrogens with two attached hydrogens (primary N) is 1. The summed E-state index contributed by atoms with van der Waals surface area (Å²) in [5, 5.41) is 1.26. The molecule has 0 unspecified atom stereocenters. The van der Waals surface area contributed by atoms with Crippen LogP contribution in [0.5, 0.6) is 0 Å². The SMILES string of the molecule is C=C(CC)CCc1cccc2c1c(C(=C)C(=C)N)c(CC)n2Cc1ccccc1. The van der Waals surface area contributed by atoms with Crippen LogP contribution in [0.1, 0.15) is 49.1 Å². The molecule has 0 saturated heterocycles. The molecule has 2 heteroatoms. The Hall–Kier alpha value is -3.00. The summed E-state index contributed by atoms with van der Waals surface area (Å²) in [6.45, 7) is 17.7. The Morgan fingerprint density at radius 1 is 0.966 bits per heavy atom. The van der Waals surface area contributed by atoms with Gasteiger partial charge in [-0.3, -0.25) is 0 Å². The summed E-state index contributed by atoms with van der Waals surface area (Å²) in [5.41, 5.74) is 15.0. The molecule has 3 aromatic rings. The van der Waals surface area contributed by atoms with Crippen LogP contribution in [0.2, 0.25) is 0 Å². The first-order valence-corrected chi connectivity index (χ1v) is 10.4. The summed E-state index contributed by atoms with van der Waals surface area (Å²) in [5.74, 6) is 0. The monoisotopic (exact) mass is 384 g/mol. The molecule has 2 aromatic carbocycles. The molecule has 150 valence electrons. The second-order valence-corrected chi connectivity index (χ2v) is 7.67. The van der Waals surface area contributed by atoms with E-state index in [1.54, 1.807) is 0 Å². The van der Waals surface area contributed by atoms with Crippen LogP contribution < -0.4 is 5.73 Å². The first kappa shape index (κ1) is 20.7. The molecule has 0 aliphatic carbocycles. The topological polar surface area (TPSA) is 30.9 Å². The Balaban J connectivity index is 2.23.